The Morgan fingerprint density at radius 2 is 2.44 bits per heavy atom. The van der Waals surface area contributed by atoms with Crippen LogP contribution >= 0.6 is 11.6 Å². The molecule has 7 heteroatoms. The molecule has 1 atom stereocenters. The standard InChI is InChI=1S/C11H15ClN4O2/c1-15(3-4-18-2)10-5-11(17)16(14-7-10)8-9(12)6-13/h5,7,9H,3-4,8H2,1-2H3. The maximum absolute atomic E-state index is 11.7. The smallest absolute Gasteiger partial charge is 0.268 e. The van der Waals surface area contributed by atoms with E-state index in [2.05, 4.69) is 5.10 Å². The Hall–Kier alpha value is -1.58. The second kappa shape index (κ2) is 6.99. The number of ether oxygens (including phenoxy) is 1. The number of methoxy groups -OCH3 is 1. The predicted molar refractivity (Wildman–Crippen MR) is 68.9 cm³/mol. The normalized spacial score (nSPS) is 11.9. The van der Waals surface area contributed by atoms with E-state index in [1.807, 2.05) is 18.0 Å². The van der Waals surface area contributed by atoms with E-state index < -0.39 is 5.38 Å². The summed E-state index contributed by atoms with van der Waals surface area (Å²) in [4.78, 5) is 13.6. The van der Waals surface area contributed by atoms with E-state index in [1.165, 1.54) is 10.7 Å². The zero-order valence-electron chi connectivity index (χ0n) is 10.3. The van der Waals surface area contributed by atoms with Gasteiger partial charge < -0.3 is 9.64 Å². The Morgan fingerprint density at radius 1 is 1.72 bits per heavy atom. The van der Waals surface area contributed by atoms with Gasteiger partial charge in [-0.05, 0) is 0 Å². The van der Waals surface area contributed by atoms with Gasteiger partial charge in [0.15, 0.2) is 0 Å². The van der Waals surface area contributed by atoms with Crippen LogP contribution in [0.3, 0.4) is 0 Å². The summed E-state index contributed by atoms with van der Waals surface area (Å²) in [6, 6.07) is 3.31. The van der Waals surface area contributed by atoms with Crippen molar-refractivity contribution in [2.24, 2.45) is 0 Å². The van der Waals surface area contributed by atoms with Gasteiger partial charge >= 0.3 is 0 Å². The number of halogens is 1. The van der Waals surface area contributed by atoms with Crippen LogP contribution in [0.1, 0.15) is 0 Å². The first kappa shape index (κ1) is 14.5. The lowest BCUT2D eigenvalue weighted by Gasteiger charge is -2.18. The highest BCUT2D eigenvalue weighted by Crippen LogP contribution is 2.06. The van der Waals surface area contributed by atoms with Gasteiger partial charge in [0.05, 0.1) is 31.1 Å². The molecular weight excluding hydrogens is 256 g/mol. The molecule has 1 aromatic rings. The van der Waals surface area contributed by atoms with Gasteiger partial charge in [-0.15, -0.1) is 11.6 Å². The highest BCUT2D eigenvalue weighted by atomic mass is 35.5. The predicted octanol–water partition coefficient (Wildman–Crippen LogP) is 0.457. The molecule has 0 aliphatic heterocycles. The van der Waals surface area contributed by atoms with Crippen LogP contribution in [0.25, 0.3) is 0 Å². The number of rotatable bonds is 6. The van der Waals surface area contributed by atoms with Crippen molar-refractivity contribution in [3.63, 3.8) is 0 Å². The molecule has 6 nitrogen and oxygen atoms in total. The fourth-order valence-corrected chi connectivity index (χ4v) is 1.45. The highest BCUT2D eigenvalue weighted by Gasteiger charge is 2.08. The summed E-state index contributed by atoms with van der Waals surface area (Å²) in [7, 11) is 3.46. The summed E-state index contributed by atoms with van der Waals surface area (Å²) >= 11 is 5.65. The van der Waals surface area contributed by atoms with E-state index in [4.69, 9.17) is 21.6 Å². The monoisotopic (exact) mass is 270 g/mol. The fourth-order valence-electron chi connectivity index (χ4n) is 1.32. The van der Waals surface area contributed by atoms with E-state index in [0.29, 0.717) is 18.8 Å². The summed E-state index contributed by atoms with van der Waals surface area (Å²) in [5, 5.41) is 11.8. The first-order valence-corrected chi connectivity index (χ1v) is 5.83. The van der Waals surface area contributed by atoms with E-state index in [-0.39, 0.29) is 12.1 Å². The molecule has 0 aliphatic rings. The molecule has 1 rings (SSSR count). The number of hydrogen-bond acceptors (Lipinski definition) is 5. The molecule has 0 radical (unpaired) electrons. The second-order valence-corrected chi connectivity index (χ2v) is 4.27. The van der Waals surface area contributed by atoms with Crippen molar-refractivity contribution in [1.29, 1.82) is 5.26 Å². The largest absolute Gasteiger partial charge is 0.383 e. The van der Waals surface area contributed by atoms with Crippen LogP contribution in [0.2, 0.25) is 0 Å². The SMILES string of the molecule is COCCN(C)c1cnn(CC(Cl)C#N)c(=O)c1. The van der Waals surface area contributed by atoms with Crippen molar-refractivity contribution in [3.8, 4) is 6.07 Å². The minimum atomic E-state index is -0.757. The van der Waals surface area contributed by atoms with Gasteiger partial charge in [0.1, 0.15) is 5.38 Å². The molecule has 1 heterocycles. The minimum Gasteiger partial charge on any atom is -0.383 e. The van der Waals surface area contributed by atoms with Crippen LogP contribution in [0.5, 0.6) is 0 Å². The van der Waals surface area contributed by atoms with Crippen molar-refractivity contribution in [2.45, 2.75) is 11.9 Å². The Balaban J connectivity index is 2.79. The molecule has 0 aromatic carbocycles. The second-order valence-electron chi connectivity index (χ2n) is 3.75. The topological polar surface area (TPSA) is 71.2 Å². The van der Waals surface area contributed by atoms with Gasteiger partial charge in [0.25, 0.3) is 5.56 Å². The van der Waals surface area contributed by atoms with Gasteiger partial charge in [0.2, 0.25) is 0 Å². The van der Waals surface area contributed by atoms with Crippen LogP contribution in [0.4, 0.5) is 5.69 Å². The first-order valence-electron chi connectivity index (χ1n) is 5.39. The van der Waals surface area contributed by atoms with Crippen molar-refractivity contribution < 1.29 is 4.74 Å². The molecule has 0 spiro atoms. The molecular formula is C11H15ClN4O2. The van der Waals surface area contributed by atoms with Crippen LogP contribution in [-0.2, 0) is 11.3 Å². The van der Waals surface area contributed by atoms with E-state index in [0.717, 1.165) is 0 Å². The summed E-state index contributed by atoms with van der Waals surface area (Å²) < 4.78 is 6.13. The van der Waals surface area contributed by atoms with Crippen LogP contribution in [0, 0.1) is 11.3 Å². The summed E-state index contributed by atoms with van der Waals surface area (Å²) in [5.74, 6) is 0. The number of aromatic nitrogens is 2. The average Bonchev–Trinajstić information content (AvgIpc) is 2.38. The average molecular weight is 271 g/mol. The lowest BCUT2D eigenvalue weighted by Crippen LogP contribution is -2.29. The molecule has 0 saturated carbocycles. The molecule has 0 N–H and O–H groups in total. The maximum Gasteiger partial charge on any atom is 0.268 e. The summed E-state index contributed by atoms with van der Waals surface area (Å²) in [6.07, 6.45) is 1.57. The zero-order valence-corrected chi connectivity index (χ0v) is 11.1. The third-order valence-corrected chi connectivity index (χ3v) is 2.64. The third-order valence-electron chi connectivity index (χ3n) is 2.40. The Morgan fingerprint density at radius 3 is 3.00 bits per heavy atom. The van der Waals surface area contributed by atoms with E-state index >= 15 is 0 Å². The molecule has 1 aromatic heterocycles. The number of nitrogens with zero attached hydrogens (tertiary/aromatic N) is 4. The first-order chi connectivity index (χ1) is 8.58. The van der Waals surface area contributed by atoms with Crippen LogP contribution in [-0.4, -0.2) is 42.5 Å². The third kappa shape index (κ3) is 4.02. The number of alkyl halides is 1. The van der Waals surface area contributed by atoms with Crippen molar-refractivity contribution >= 4 is 17.3 Å². The quantitative estimate of drug-likeness (QED) is 0.702. The van der Waals surface area contributed by atoms with Crippen molar-refractivity contribution in [2.75, 3.05) is 32.2 Å². The lowest BCUT2D eigenvalue weighted by atomic mass is 10.4. The van der Waals surface area contributed by atoms with Gasteiger partial charge in [0, 0.05) is 26.8 Å². The van der Waals surface area contributed by atoms with E-state index in [1.54, 1.807) is 13.3 Å². The van der Waals surface area contributed by atoms with Crippen molar-refractivity contribution in [1.82, 2.24) is 9.78 Å². The van der Waals surface area contributed by atoms with Gasteiger partial charge in [-0.25, -0.2) is 4.68 Å². The summed E-state index contributed by atoms with van der Waals surface area (Å²) in [6.45, 7) is 1.31. The summed E-state index contributed by atoms with van der Waals surface area (Å²) in [5.41, 5.74) is 0.425. The van der Waals surface area contributed by atoms with E-state index in [9.17, 15) is 4.79 Å². The van der Waals surface area contributed by atoms with Crippen LogP contribution < -0.4 is 10.5 Å². The zero-order chi connectivity index (χ0) is 13.5. The fraction of sp³-hybridized carbons (Fsp3) is 0.545. The Labute approximate surface area is 110 Å². The van der Waals surface area contributed by atoms with Crippen molar-refractivity contribution in [3.05, 3.63) is 22.6 Å². The molecule has 0 amide bonds. The number of likely N-dealkylation sites (N-methyl/N-ethyl adjacent to an activating group) is 1. The number of anilines is 1. The highest BCUT2D eigenvalue weighted by molar-refractivity contribution is 6.22. The Bertz CT molecular complexity index is 483. The number of hydrogen-bond donors (Lipinski definition) is 0. The van der Waals surface area contributed by atoms with Crippen LogP contribution in [0.15, 0.2) is 17.1 Å². The minimum absolute atomic E-state index is 0.0823. The lowest BCUT2D eigenvalue weighted by molar-refractivity contribution is 0.206. The maximum atomic E-state index is 11.7. The molecule has 0 saturated heterocycles. The molecule has 0 bridgehead atoms. The molecule has 98 valence electrons. The molecule has 18 heavy (non-hydrogen) atoms. The van der Waals surface area contributed by atoms with Gasteiger partial charge in [-0.2, -0.15) is 10.4 Å². The van der Waals surface area contributed by atoms with Gasteiger partial charge in [-0.3, -0.25) is 4.79 Å². The molecule has 0 aliphatic carbocycles. The molecule has 1 unspecified atom stereocenters. The number of nitriles is 1. The van der Waals surface area contributed by atoms with Gasteiger partial charge in [-0.1, -0.05) is 0 Å². The molecule has 0 fully saturated rings. The Kier molecular flexibility index (Phi) is 5.62.